The van der Waals surface area contributed by atoms with Gasteiger partial charge in [0.05, 0.1) is 16.8 Å². The van der Waals surface area contributed by atoms with Gasteiger partial charge in [-0.15, -0.1) is 0 Å². The average molecular weight is 1100 g/mol. The Morgan fingerprint density at radius 3 is 1.22 bits per heavy atom. The molecule has 408 valence electrons. The van der Waals surface area contributed by atoms with Crippen LogP contribution in [0.5, 0.6) is 0 Å². The van der Waals surface area contributed by atoms with Crippen molar-refractivity contribution in [3.63, 3.8) is 0 Å². The Labute approximate surface area is 495 Å². The first-order valence-corrected chi connectivity index (χ1v) is 30.0. The molecule has 0 saturated carbocycles. The minimum absolute atomic E-state index is 0.121. The second-order valence-corrected chi connectivity index (χ2v) is 26.1. The molecule has 3 aliphatic carbocycles. The zero-order chi connectivity index (χ0) is 57.4. The number of aryl methyl sites for hydroxylation is 2. The van der Waals surface area contributed by atoms with Crippen LogP contribution >= 0.6 is 0 Å². The number of rotatable bonds is 6. The van der Waals surface area contributed by atoms with E-state index < -0.39 is 5.41 Å². The molecule has 0 saturated heterocycles. The van der Waals surface area contributed by atoms with E-state index >= 15 is 0 Å². The molecule has 0 aliphatic heterocycles. The first-order chi connectivity index (χ1) is 41.3. The maximum atomic E-state index is 7.24. The maximum absolute atomic E-state index is 7.24. The standard InChI is InChI=1S/C81H62N2O2/c1-47-32-36-49(37-33-47)82(71-30-16-24-60-58-22-14-28-66(79(3,4)5)75(58)84-77(60)71)51-40-42-55-56-43-41-52(83(50-38-34-48(2)35-39-50)72-31-17-25-61-59-23-15-29-67(80(6,7)8)76(59)85-78(61)72)45-69(56)81(68(55)44-51)65-27-12-11-20-62(65)74-63-26-13-21-57-53-18-9-10-19-54(53)64(73(57)63)46-70(74)81/h9-46H,1-8H3. The van der Waals surface area contributed by atoms with E-state index in [4.69, 9.17) is 8.83 Å². The average Bonchev–Trinajstić information content (AvgIpc) is 1.53. The summed E-state index contributed by atoms with van der Waals surface area (Å²) >= 11 is 0. The summed E-state index contributed by atoms with van der Waals surface area (Å²) in [5, 5.41) is 7.07. The maximum Gasteiger partial charge on any atom is 0.159 e. The zero-order valence-corrected chi connectivity index (χ0v) is 49.2. The number of hydrogen-bond donors (Lipinski definition) is 0. The minimum atomic E-state index is -0.765. The molecule has 12 aromatic carbocycles. The van der Waals surface area contributed by atoms with Crippen LogP contribution in [-0.4, -0.2) is 0 Å². The Balaban J connectivity index is 0.967. The Kier molecular flexibility index (Phi) is 10.3. The molecule has 4 heteroatoms. The highest BCUT2D eigenvalue weighted by Crippen LogP contribution is 2.67. The summed E-state index contributed by atoms with van der Waals surface area (Å²) in [5.74, 6) is 0. The van der Waals surface area contributed by atoms with Crippen LogP contribution in [0.15, 0.2) is 239 Å². The predicted molar refractivity (Wildman–Crippen MR) is 355 cm³/mol. The summed E-state index contributed by atoms with van der Waals surface area (Å²) in [7, 11) is 0. The number of fused-ring (bicyclic) bond motifs is 20. The van der Waals surface area contributed by atoms with E-state index in [1.807, 2.05) is 0 Å². The van der Waals surface area contributed by atoms with E-state index in [0.717, 1.165) is 78.0 Å². The van der Waals surface area contributed by atoms with Crippen LogP contribution in [0, 0.1) is 13.8 Å². The third-order valence-electron chi connectivity index (χ3n) is 19.0. The molecule has 4 nitrogen and oxygen atoms in total. The van der Waals surface area contributed by atoms with Crippen LogP contribution in [0.25, 0.3) is 99.2 Å². The van der Waals surface area contributed by atoms with Crippen molar-refractivity contribution in [1.29, 1.82) is 0 Å². The minimum Gasteiger partial charge on any atom is -0.454 e. The van der Waals surface area contributed by atoms with E-state index in [2.05, 4.69) is 296 Å². The van der Waals surface area contributed by atoms with Crippen LogP contribution in [0.2, 0.25) is 0 Å². The van der Waals surface area contributed by atoms with Gasteiger partial charge in [0.25, 0.3) is 0 Å². The van der Waals surface area contributed by atoms with Gasteiger partial charge in [0.2, 0.25) is 0 Å². The van der Waals surface area contributed by atoms with E-state index in [1.165, 1.54) is 99.8 Å². The second-order valence-electron chi connectivity index (χ2n) is 26.1. The fraction of sp³-hybridized carbons (Fsp3) is 0.136. The van der Waals surface area contributed by atoms with Gasteiger partial charge in [0.15, 0.2) is 11.2 Å². The molecule has 2 aromatic heterocycles. The summed E-state index contributed by atoms with van der Waals surface area (Å²) in [6, 6.07) is 86.9. The van der Waals surface area contributed by atoms with Gasteiger partial charge in [-0.2, -0.15) is 0 Å². The van der Waals surface area contributed by atoms with Crippen molar-refractivity contribution in [3.8, 4) is 44.5 Å². The first-order valence-electron chi connectivity index (χ1n) is 30.0. The molecule has 2 heterocycles. The topological polar surface area (TPSA) is 32.8 Å². The molecule has 0 amide bonds. The molecule has 1 spiro atoms. The molecule has 3 aliphatic rings. The van der Waals surface area contributed by atoms with Gasteiger partial charge in [-0.25, -0.2) is 0 Å². The van der Waals surface area contributed by atoms with Gasteiger partial charge in [-0.05, 0) is 169 Å². The van der Waals surface area contributed by atoms with Crippen molar-refractivity contribution in [2.75, 3.05) is 9.80 Å². The summed E-state index contributed by atoms with van der Waals surface area (Å²) in [6.45, 7) is 18.0. The largest absolute Gasteiger partial charge is 0.454 e. The molecule has 0 fully saturated rings. The van der Waals surface area contributed by atoms with Crippen molar-refractivity contribution >= 4 is 88.8 Å². The van der Waals surface area contributed by atoms with Gasteiger partial charge in [-0.3, -0.25) is 0 Å². The SMILES string of the molecule is Cc1ccc(N(c2ccc3c(c2)C2(c4cc(N(c5ccc(C)cc5)c5cccc6c5oc5c(C(C)(C)C)cccc56)ccc4-3)c3ccccc3-c3c2cc2c4c(cccc34)-c3ccccc3-2)c2cccc3c2oc2c(C(C)(C)C)cccc23)cc1. The van der Waals surface area contributed by atoms with Crippen molar-refractivity contribution in [3.05, 3.63) is 275 Å². The third kappa shape index (κ3) is 6.91. The van der Waals surface area contributed by atoms with E-state index in [9.17, 15) is 0 Å². The van der Waals surface area contributed by atoms with Gasteiger partial charge in [-0.1, -0.05) is 216 Å². The Morgan fingerprint density at radius 2 is 0.718 bits per heavy atom. The molecule has 0 unspecified atom stereocenters. The third-order valence-corrected chi connectivity index (χ3v) is 19.0. The molecular formula is C81H62N2O2. The van der Waals surface area contributed by atoms with Crippen LogP contribution in [0.1, 0.15) is 86.1 Å². The monoisotopic (exact) mass is 1090 g/mol. The fourth-order valence-electron chi connectivity index (χ4n) is 15.2. The number of para-hydroxylation sites is 4. The molecular weight excluding hydrogens is 1030 g/mol. The second kappa shape index (κ2) is 17.6. The van der Waals surface area contributed by atoms with Crippen molar-refractivity contribution in [2.24, 2.45) is 0 Å². The summed E-state index contributed by atoms with van der Waals surface area (Å²) in [4.78, 5) is 4.87. The van der Waals surface area contributed by atoms with Crippen molar-refractivity contribution in [1.82, 2.24) is 0 Å². The Morgan fingerprint density at radius 1 is 0.306 bits per heavy atom. The lowest BCUT2D eigenvalue weighted by Crippen LogP contribution is -2.26. The van der Waals surface area contributed by atoms with Crippen molar-refractivity contribution in [2.45, 2.75) is 71.6 Å². The number of benzene rings is 12. The van der Waals surface area contributed by atoms with Gasteiger partial charge < -0.3 is 18.6 Å². The molecule has 17 rings (SSSR count). The molecule has 0 bridgehead atoms. The molecule has 0 radical (unpaired) electrons. The fourth-order valence-corrected chi connectivity index (χ4v) is 15.2. The van der Waals surface area contributed by atoms with Crippen LogP contribution in [0.4, 0.5) is 34.1 Å². The highest BCUT2D eigenvalue weighted by molar-refractivity contribution is 6.21. The summed E-state index contributed by atoms with van der Waals surface area (Å²) < 4.78 is 14.5. The lowest BCUT2D eigenvalue weighted by Gasteiger charge is -2.33. The highest BCUT2D eigenvalue weighted by Gasteiger charge is 2.53. The molecule has 0 N–H and O–H groups in total. The smallest absolute Gasteiger partial charge is 0.159 e. The van der Waals surface area contributed by atoms with Gasteiger partial charge in [0, 0.05) is 55.4 Å². The normalized spacial score (nSPS) is 13.5. The van der Waals surface area contributed by atoms with E-state index in [-0.39, 0.29) is 10.8 Å². The quantitative estimate of drug-likeness (QED) is 0.166. The number of hydrogen-bond acceptors (Lipinski definition) is 4. The number of nitrogens with zero attached hydrogens (tertiary/aromatic N) is 2. The molecule has 85 heavy (non-hydrogen) atoms. The van der Waals surface area contributed by atoms with Crippen LogP contribution in [0.3, 0.4) is 0 Å². The lowest BCUT2D eigenvalue weighted by atomic mass is 9.70. The summed E-state index contributed by atoms with van der Waals surface area (Å²) in [5.41, 5.74) is 28.8. The lowest BCUT2D eigenvalue weighted by molar-refractivity contribution is 0.572. The summed E-state index contributed by atoms with van der Waals surface area (Å²) in [6.07, 6.45) is 0. The van der Waals surface area contributed by atoms with E-state index in [1.54, 1.807) is 0 Å². The van der Waals surface area contributed by atoms with Crippen LogP contribution in [-0.2, 0) is 16.2 Å². The van der Waals surface area contributed by atoms with E-state index in [0.29, 0.717) is 0 Å². The molecule has 14 aromatic rings. The molecule has 0 atom stereocenters. The highest BCUT2D eigenvalue weighted by atomic mass is 16.3. The van der Waals surface area contributed by atoms with Gasteiger partial charge in [0.1, 0.15) is 11.2 Å². The predicted octanol–water partition coefficient (Wildman–Crippen LogP) is 22.8. The number of furan rings is 2. The Bertz CT molecular complexity index is 4940. The number of anilines is 6. The Hall–Kier alpha value is -9.90. The van der Waals surface area contributed by atoms with Crippen LogP contribution < -0.4 is 9.80 Å². The zero-order valence-electron chi connectivity index (χ0n) is 49.2. The van der Waals surface area contributed by atoms with Crippen molar-refractivity contribution < 1.29 is 8.83 Å². The van der Waals surface area contributed by atoms with Gasteiger partial charge >= 0.3 is 0 Å². The first kappa shape index (κ1) is 49.7.